The van der Waals surface area contributed by atoms with Crippen LogP contribution in [0.3, 0.4) is 0 Å². The second kappa shape index (κ2) is 10.9. The van der Waals surface area contributed by atoms with Crippen LogP contribution in [0.1, 0.15) is 59.1 Å². The summed E-state index contributed by atoms with van der Waals surface area (Å²) in [6.45, 7) is 1.02. The zero-order valence-electron chi connectivity index (χ0n) is 19.8. The van der Waals surface area contributed by atoms with E-state index in [1.54, 1.807) is 18.4 Å². The molecule has 0 saturated carbocycles. The molecule has 2 heterocycles. The van der Waals surface area contributed by atoms with E-state index >= 15 is 0 Å². The van der Waals surface area contributed by atoms with Crippen LogP contribution < -0.4 is 5.32 Å². The molecule has 7 heteroatoms. The molecule has 3 atom stereocenters. The lowest BCUT2D eigenvalue weighted by Crippen LogP contribution is -2.51. The molecule has 2 aliphatic heterocycles. The van der Waals surface area contributed by atoms with E-state index < -0.39 is 12.0 Å². The molecule has 2 amide bonds. The highest BCUT2D eigenvalue weighted by molar-refractivity contribution is 6.35. The molecule has 0 saturated heterocycles. The number of amides is 2. The number of halogens is 2. The number of carbonyl (C=O) groups is 2. The van der Waals surface area contributed by atoms with Gasteiger partial charge in [0.15, 0.2) is 0 Å². The Kier molecular flexibility index (Phi) is 7.49. The molecule has 2 aromatic rings. The van der Waals surface area contributed by atoms with Gasteiger partial charge in [0, 0.05) is 22.2 Å². The van der Waals surface area contributed by atoms with Crippen molar-refractivity contribution in [3.8, 4) is 0 Å². The van der Waals surface area contributed by atoms with E-state index in [1.165, 1.54) is 0 Å². The van der Waals surface area contributed by atoms with E-state index in [4.69, 9.17) is 27.9 Å². The quantitative estimate of drug-likeness (QED) is 0.449. The molecular formula is C29H28Cl2N2O3. The summed E-state index contributed by atoms with van der Waals surface area (Å²) in [6.07, 6.45) is 13.3. The van der Waals surface area contributed by atoms with Crippen LogP contribution in [0.15, 0.2) is 78.6 Å². The van der Waals surface area contributed by atoms with Gasteiger partial charge in [-0.3, -0.25) is 9.59 Å². The molecule has 5 nitrogen and oxygen atoms in total. The van der Waals surface area contributed by atoms with Gasteiger partial charge in [0.1, 0.15) is 6.61 Å². The van der Waals surface area contributed by atoms with Crippen LogP contribution in [0, 0.1) is 0 Å². The number of allylic oxidation sites excluding steroid dienone is 2. The summed E-state index contributed by atoms with van der Waals surface area (Å²) in [4.78, 5) is 29.7. The predicted octanol–water partition coefficient (Wildman–Crippen LogP) is 6.36. The van der Waals surface area contributed by atoms with Crippen molar-refractivity contribution in [1.29, 1.82) is 0 Å². The summed E-state index contributed by atoms with van der Waals surface area (Å²) in [5.41, 5.74) is 3.12. The molecule has 1 aliphatic carbocycles. The number of fused-ring (bicyclic) bond motifs is 1. The maximum atomic E-state index is 13.9. The molecule has 0 radical (unpaired) electrons. The minimum absolute atomic E-state index is 0.0836. The molecule has 0 spiro atoms. The summed E-state index contributed by atoms with van der Waals surface area (Å²) in [6, 6.07) is 12.0. The van der Waals surface area contributed by atoms with Crippen LogP contribution in [-0.2, 0) is 9.53 Å². The number of rotatable bonds is 6. The van der Waals surface area contributed by atoms with E-state index in [0.717, 1.165) is 36.0 Å². The zero-order chi connectivity index (χ0) is 25.1. The molecule has 2 aromatic carbocycles. The summed E-state index contributed by atoms with van der Waals surface area (Å²) in [5.74, 6) is -0.834. The number of nitrogens with one attached hydrogen (secondary N) is 1. The summed E-state index contributed by atoms with van der Waals surface area (Å²) >= 11 is 12.9. The SMILES string of the molecule is O=C(NCCC1=CCOC=C1)C1c2ccccc2C(=O)N(C2C=CCCC2)C1c1ccc(Cl)cc1Cl. The smallest absolute Gasteiger partial charge is 0.255 e. The highest BCUT2D eigenvalue weighted by atomic mass is 35.5. The highest BCUT2D eigenvalue weighted by Crippen LogP contribution is 2.47. The Balaban J connectivity index is 1.55. The van der Waals surface area contributed by atoms with Gasteiger partial charge in [-0.05, 0) is 72.7 Å². The Morgan fingerprint density at radius 2 is 2.00 bits per heavy atom. The average Bonchev–Trinajstić information content (AvgIpc) is 2.90. The van der Waals surface area contributed by atoms with Gasteiger partial charge in [0.25, 0.3) is 5.91 Å². The molecular weight excluding hydrogens is 495 g/mol. The number of hydrogen-bond acceptors (Lipinski definition) is 3. The molecule has 36 heavy (non-hydrogen) atoms. The van der Waals surface area contributed by atoms with Gasteiger partial charge in [0.2, 0.25) is 5.91 Å². The fraction of sp³-hybridized carbons (Fsp3) is 0.310. The maximum Gasteiger partial charge on any atom is 0.255 e. The number of hydrogen-bond donors (Lipinski definition) is 1. The topological polar surface area (TPSA) is 58.6 Å². The minimum atomic E-state index is -0.618. The van der Waals surface area contributed by atoms with Crippen molar-refractivity contribution >= 4 is 35.0 Å². The van der Waals surface area contributed by atoms with Gasteiger partial charge in [-0.1, -0.05) is 59.6 Å². The highest BCUT2D eigenvalue weighted by Gasteiger charge is 2.46. The Hall–Kier alpha value is -3.02. The van der Waals surface area contributed by atoms with Gasteiger partial charge >= 0.3 is 0 Å². The Bertz CT molecular complexity index is 1250. The normalized spacial score (nSPS) is 23.1. The Morgan fingerprint density at radius 1 is 1.14 bits per heavy atom. The number of ether oxygens (including phenoxy) is 1. The number of benzene rings is 2. The van der Waals surface area contributed by atoms with Crippen molar-refractivity contribution in [3.05, 3.63) is 105 Å². The Morgan fingerprint density at radius 3 is 2.75 bits per heavy atom. The zero-order valence-corrected chi connectivity index (χ0v) is 21.3. The van der Waals surface area contributed by atoms with Crippen LogP contribution in [0.4, 0.5) is 0 Å². The molecule has 3 unspecified atom stereocenters. The third kappa shape index (κ3) is 4.95. The fourth-order valence-corrected chi connectivity index (χ4v) is 5.86. The monoisotopic (exact) mass is 522 g/mol. The van der Waals surface area contributed by atoms with Crippen LogP contribution in [0.25, 0.3) is 0 Å². The van der Waals surface area contributed by atoms with Crippen molar-refractivity contribution in [1.82, 2.24) is 10.2 Å². The molecule has 0 fully saturated rings. The maximum absolute atomic E-state index is 13.9. The number of nitrogens with zero attached hydrogens (tertiary/aromatic N) is 1. The predicted molar refractivity (Wildman–Crippen MR) is 142 cm³/mol. The first-order valence-electron chi connectivity index (χ1n) is 12.3. The summed E-state index contributed by atoms with van der Waals surface area (Å²) in [5, 5.41) is 4.08. The standard InChI is InChI=1S/C29H28Cl2N2O3/c30-20-10-11-24(25(31)18-20)27-26(28(34)32-15-12-19-13-16-36-17-14-19)22-8-4-5-9-23(22)29(35)33(27)21-6-2-1-3-7-21/h2,4-6,8-11,13-14,16,18,21,26-27H,1,3,7,12,15,17H2,(H,32,34). The Labute approximate surface area is 221 Å². The summed E-state index contributed by atoms with van der Waals surface area (Å²) < 4.78 is 5.21. The van der Waals surface area contributed by atoms with E-state index in [9.17, 15) is 9.59 Å². The van der Waals surface area contributed by atoms with Gasteiger partial charge in [-0.15, -0.1) is 0 Å². The van der Waals surface area contributed by atoms with E-state index in [1.807, 2.05) is 47.4 Å². The van der Waals surface area contributed by atoms with Crippen LogP contribution in [0.5, 0.6) is 0 Å². The molecule has 3 aliphatic rings. The van der Waals surface area contributed by atoms with E-state index in [-0.39, 0.29) is 17.9 Å². The largest absolute Gasteiger partial charge is 0.497 e. The van der Waals surface area contributed by atoms with Gasteiger partial charge in [-0.2, -0.15) is 0 Å². The van der Waals surface area contributed by atoms with E-state index in [0.29, 0.717) is 35.2 Å². The third-order valence-corrected chi connectivity index (χ3v) is 7.62. The molecule has 0 bridgehead atoms. The lowest BCUT2D eigenvalue weighted by Gasteiger charge is -2.45. The van der Waals surface area contributed by atoms with Crippen molar-refractivity contribution in [2.45, 2.75) is 43.7 Å². The third-order valence-electron chi connectivity index (χ3n) is 7.06. The second-order valence-corrected chi connectivity index (χ2v) is 10.1. The van der Waals surface area contributed by atoms with E-state index in [2.05, 4.69) is 17.5 Å². The van der Waals surface area contributed by atoms with Crippen LogP contribution in [-0.4, -0.2) is 35.9 Å². The van der Waals surface area contributed by atoms with Crippen molar-refractivity contribution < 1.29 is 14.3 Å². The van der Waals surface area contributed by atoms with Gasteiger partial charge in [-0.25, -0.2) is 0 Å². The van der Waals surface area contributed by atoms with Gasteiger partial charge in [0.05, 0.1) is 24.3 Å². The summed E-state index contributed by atoms with van der Waals surface area (Å²) in [7, 11) is 0. The molecule has 1 N–H and O–H groups in total. The molecule has 0 aromatic heterocycles. The molecule has 186 valence electrons. The van der Waals surface area contributed by atoms with Crippen molar-refractivity contribution in [2.24, 2.45) is 0 Å². The van der Waals surface area contributed by atoms with Crippen molar-refractivity contribution in [2.75, 3.05) is 13.2 Å². The fourth-order valence-electron chi connectivity index (χ4n) is 5.34. The average molecular weight is 523 g/mol. The first kappa shape index (κ1) is 24.7. The lowest BCUT2D eigenvalue weighted by atomic mass is 9.77. The van der Waals surface area contributed by atoms with Crippen molar-refractivity contribution in [3.63, 3.8) is 0 Å². The second-order valence-electron chi connectivity index (χ2n) is 9.27. The van der Waals surface area contributed by atoms with Crippen LogP contribution >= 0.6 is 23.2 Å². The lowest BCUT2D eigenvalue weighted by molar-refractivity contribution is -0.124. The minimum Gasteiger partial charge on any atom is -0.497 e. The van der Waals surface area contributed by atoms with Gasteiger partial charge < -0.3 is 15.0 Å². The number of carbonyl (C=O) groups excluding carboxylic acids is 2. The molecule has 5 rings (SSSR count). The first-order chi connectivity index (χ1) is 17.5. The first-order valence-corrected chi connectivity index (χ1v) is 13.1. The van der Waals surface area contributed by atoms with Crippen LogP contribution in [0.2, 0.25) is 10.0 Å².